The zero-order valence-corrected chi connectivity index (χ0v) is 11.9. The molecule has 2 nitrogen and oxygen atoms in total. The summed E-state index contributed by atoms with van der Waals surface area (Å²) in [6.07, 6.45) is 5.44. The van der Waals surface area contributed by atoms with E-state index in [1.54, 1.807) is 0 Å². The van der Waals surface area contributed by atoms with Gasteiger partial charge in [0.2, 0.25) is 0 Å². The molecule has 2 heteroatoms. The number of nitrogens with zero attached hydrogens (tertiary/aromatic N) is 1. The van der Waals surface area contributed by atoms with Crippen LogP contribution in [-0.2, 0) is 6.42 Å². The molecular weight excluding hydrogens is 232 g/mol. The van der Waals surface area contributed by atoms with E-state index in [0.29, 0.717) is 0 Å². The normalized spacial score (nSPS) is 25.8. The molecule has 104 valence electrons. The van der Waals surface area contributed by atoms with Crippen molar-refractivity contribution in [1.29, 1.82) is 0 Å². The zero-order valence-electron chi connectivity index (χ0n) is 11.9. The lowest BCUT2D eigenvalue weighted by atomic mass is 9.84. The summed E-state index contributed by atoms with van der Waals surface area (Å²) in [6, 6.07) is 10.9. The minimum Gasteiger partial charge on any atom is -0.317 e. The van der Waals surface area contributed by atoms with Crippen molar-refractivity contribution < 1.29 is 0 Å². The molecule has 19 heavy (non-hydrogen) atoms. The number of rotatable bonds is 4. The van der Waals surface area contributed by atoms with Crippen molar-refractivity contribution in [3.05, 3.63) is 35.9 Å². The summed E-state index contributed by atoms with van der Waals surface area (Å²) in [6.45, 7) is 6.39. The predicted molar refractivity (Wildman–Crippen MR) is 80.3 cm³/mol. The Morgan fingerprint density at radius 3 is 2.58 bits per heavy atom. The summed E-state index contributed by atoms with van der Waals surface area (Å²) in [5, 5.41) is 3.48. The van der Waals surface area contributed by atoms with Crippen molar-refractivity contribution in [2.75, 3.05) is 32.7 Å². The maximum atomic E-state index is 3.48. The van der Waals surface area contributed by atoms with Crippen LogP contribution in [0, 0.1) is 11.8 Å². The standard InChI is InChI=1S/C17H26N2/c1-2-4-15(5-3-1)8-12-19-13-9-17(14-19)16-6-10-18-11-7-16/h1-5,16-18H,6-14H2/t17-/m1/s1. The van der Waals surface area contributed by atoms with Gasteiger partial charge in [0.25, 0.3) is 0 Å². The molecule has 0 radical (unpaired) electrons. The molecule has 2 aliphatic rings. The van der Waals surface area contributed by atoms with Crippen molar-refractivity contribution in [1.82, 2.24) is 10.2 Å². The van der Waals surface area contributed by atoms with Crippen molar-refractivity contribution in [2.45, 2.75) is 25.7 Å². The number of nitrogens with one attached hydrogen (secondary N) is 1. The van der Waals surface area contributed by atoms with Crippen molar-refractivity contribution in [3.63, 3.8) is 0 Å². The van der Waals surface area contributed by atoms with Crippen LogP contribution in [0.2, 0.25) is 0 Å². The smallest absolute Gasteiger partial charge is 0.00219 e. The van der Waals surface area contributed by atoms with Crippen LogP contribution in [0.4, 0.5) is 0 Å². The van der Waals surface area contributed by atoms with E-state index >= 15 is 0 Å². The Labute approximate surface area is 117 Å². The quantitative estimate of drug-likeness (QED) is 0.893. The second-order valence-corrected chi connectivity index (χ2v) is 6.17. The number of hydrogen-bond donors (Lipinski definition) is 1. The van der Waals surface area contributed by atoms with Crippen LogP contribution < -0.4 is 5.32 Å². The molecule has 0 spiro atoms. The third-order valence-corrected chi connectivity index (χ3v) is 4.92. The number of benzene rings is 1. The van der Waals surface area contributed by atoms with Gasteiger partial charge in [0.05, 0.1) is 0 Å². The molecule has 0 saturated carbocycles. The summed E-state index contributed by atoms with van der Waals surface area (Å²) in [5.74, 6) is 1.96. The van der Waals surface area contributed by atoms with Gasteiger partial charge in [-0.05, 0) is 62.7 Å². The highest BCUT2D eigenvalue weighted by molar-refractivity contribution is 5.14. The Hall–Kier alpha value is -0.860. The first-order chi connectivity index (χ1) is 9.42. The van der Waals surface area contributed by atoms with E-state index in [0.717, 1.165) is 11.8 Å². The molecule has 1 N–H and O–H groups in total. The maximum absolute atomic E-state index is 3.48. The third-order valence-electron chi connectivity index (χ3n) is 4.92. The second kappa shape index (κ2) is 6.53. The average Bonchev–Trinajstić information content (AvgIpc) is 2.96. The fourth-order valence-corrected chi connectivity index (χ4v) is 3.70. The van der Waals surface area contributed by atoms with Gasteiger partial charge in [0.1, 0.15) is 0 Å². The summed E-state index contributed by atoms with van der Waals surface area (Å²) < 4.78 is 0. The summed E-state index contributed by atoms with van der Waals surface area (Å²) in [5.41, 5.74) is 1.48. The monoisotopic (exact) mass is 258 g/mol. The van der Waals surface area contributed by atoms with Gasteiger partial charge in [-0.3, -0.25) is 0 Å². The van der Waals surface area contributed by atoms with Crippen molar-refractivity contribution in [2.24, 2.45) is 11.8 Å². The van der Waals surface area contributed by atoms with Crippen molar-refractivity contribution >= 4 is 0 Å². The number of hydrogen-bond acceptors (Lipinski definition) is 2. The van der Waals surface area contributed by atoms with E-state index in [4.69, 9.17) is 0 Å². The van der Waals surface area contributed by atoms with E-state index in [1.807, 2.05) is 0 Å². The molecule has 2 fully saturated rings. The molecule has 0 aliphatic carbocycles. The first-order valence-electron chi connectivity index (χ1n) is 7.89. The molecule has 1 atom stereocenters. The fraction of sp³-hybridized carbons (Fsp3) is 0.647. The Bertz CT molecular complexity index is 370. The van der Waals surface area contributed by atoms with E-state index in [-0.39, 0.29) is 0 Å². The lowest BCUT2D eigenvalue weighted by molar-refractivity contribution is 0.246. The second-order valence-electron chi connectivity index (χ2n) is 6.17. The van der Waals surface area contributed by atoms with E-state index in [1.165, 1.54) is 64.0 Å². The average molecular weight is 258 g/mol. The van der Waals surface area contributed by atoms with Gasteiger partial charge in [-0.1, -0.05) is 30.3 Å². The molecule has 0 bridgehead atoms. The topological polar surface area (TPSA) is 15.3 Å². The van der Waals surface area contributed by atoms with Crippen molar-refractivity contribution in [3.8, 4) is 0 Å². The van der Waals surface area contributed by atoms with Gasteiger partial charge in [0, 0.05) is 13.1 Å². The molecule has 3 rings (SSSR count). The Balaban J connectivity index is 1.44. The molecule has 2 heterocycles. The Kier molecular flexibility index (Phi) is 4.52. The minimum atomic E-state index is 0.970. The van der Waals surface area contributed by atoms with Gasteiger partial charge in [-0.15, -0.1) is 0 Å². The molecule has 2 saturated heterocycles. The lowest BCUT2D eigenvalue weighted by Gasteiger charge is -2.28. The first-order valence-corrected chi connectivity index (χ1v) is 7.89. The SMILES string of the molecule is c1ccc(CCN2CC[C@@H](C3CCNCC3)C2)cc1. The highest BCUT2D eigenvalue weighted by Crippen LogP contribution is 2.30. The van der Waals surface area contributed by atoms with E-state index in [9.17, 15) is 0 Å². The molecule has 0 amide bonds. The van der Waals surface area contributed by atoms with Crippen LogP contribution in [0.3, 0.4) is 0 Å². The molecule has 1 aromatic carbocycles. The molecule has 1 aromatic rings. The van der Waals surface area contributed by atoms with Crippen LogP contribution in [0.5, 0.6) is 0 Å². The van der Waals surface area contributed by atoms with Gasteiger partial charge in [-0.2, -0.15) is 0 Å². The molecule has 2 aliphatic heterocycles. The molecular formula is C17H26N2. The fourth-order valence-electron chi connectivity index (χ4n) is 3.70. The zero-order chi connectivity index (χ0) is 12.9. The van der Waals surface area contributed by atoms with Gasteiger partial charge < -0.3 is 10.2 Å². The lowest BCUT2D eigenvalue weighted by Crippen LogP contribution is -2.33. The van der Waals surface area contributed by atoms with Gasteiger partial charge >= 0.3 is 0 Å². The Morgan fingerprint density at radius 2 is 1.79 bits per heavy atom. The van der Waals surface area contributed by atoms with Crippen LogP contribution >= 0.6 is 0 Å². The van der Waals surface area contributed by atoms with E-state index < -0.39 is 0 Å². The van der Waals surface area contributed by atoms with Crippen LogP contribution in [0.25, 0.3) is 0 Å². The summed E-state index contributed by atoms with van der Waals surface area (Å²) in [4.78, 5) is 2.68. The highest BCUT2D eigenvalue weighted by Gasteiger charge is 2.29. The van der Waals surface area contributed by atoms with E-state index in [2.05, 4.69) is 40.5 Å². The Morgan fingerprint density at radius 1 is 1.00 bits per heavy atom. The summed E-state index contributed by atoms with van der Waals surface area (Å²) >= 11 is 0. The van der Waals surface area contributed by atoms with Gasteiger partial charge in [0.15, 0.2) is 0 Å². The summed E-state index contributed by atoms with van der Waals surface area (Å²) in [7, 11) is 0. The first kappa shape index (κ1) is 13.1. The molecule has 0 unspecified atom stereocenters. The number of likely N-dealkylation sites (tertiary alicyclic amines) is 1. The largest absolute Gasteiger partial charge is 0.317 e. The predicted octanol–water partition coefficient (Wildman–Crippen LogP) is 2.55. The number of piperidine rings is 1. The van der Waals surface area contributed by atoms with Crippen LogP contribution in [0.1, 0.15) is 24.8 Å². The van der Waals surface area contributed by atoms with Crippen LogP contribution in [0.15, 0.2) is 30.3 Å². The maximum Gasteiger partial charge on any atom is 0.00219 e. The molecule has 0 aromatic heterocycles. The third kappa shape index (κ3) is 3.58. The minimum absolute atomic E-state index is 0.970. The highest BCUT2D eigenvalue weighted by atomic mass is 15.1. The van der Waals surface area contributed by atoms with Gasteiger partial charge in [-0.25, -0.2) is 0 Å². The van der Waals surface area contributed by atoms with Crippen LogP contribution in [-0.4, -0.2) is 37.6 Å².